The normalized spacial score (nSPS) is 12.5. The van der Waals surface area contributed by atoms with E-state index in [9.17, 15) is 4.79 Å². The fourth-order valence-corrected chi connectivity index (χ4v) is 2.35. The summed E-state index contributed by atoms with van der Waals surface area (Å²) < 4.78 is 5.50. The van der Waals surface area contributed by atoms with Crippen LogP contribution in [0.5, 0.6) is 0 Å². The van der Waals surface area contributed by atoms with Crippen LogP contribution >= 0.6 is 11.3 Å². The summed E-state index contributed by atoms with van der Waals surface area (Å²) in [5.41, 5.74) is 1.15. The number of hydrogen-bond donors (Lipinski definition) is 1. The molecule has 0 aliphatic heterocycles. The highest BCUT2D eigenvalue weighted by Crippen LogP contribution is 2.14. The molecule has 2 aromatic rings. The van der Waals surface area contributed by atoms with Crippen LogP contribution in [0, 0.1) is 5.92 Å². The van der Waals surface area contributed by atoms with Gasteiger partial charge in [0.1, 0.15) is 0 Å². The number of thiophene rings is 1. The lowest BCUT2D eigenvalue weighted by Crippen LogP contribution is -2.07. The van der Waals surface area contributed by atoms with Gasteiger partial charge in [0.05, 0.1) is 6.42 Å². The number of aliphatic carboxylic acids is 1. The lowest BCUT2D eigenvalue weighted by Gasteiger charge is -2.03. The quantitative estimate of drug-likeness (QED) is 0.868. The summed E-state index contributed by atoms with van der Waals surface area (Å²) in [5.74, 6) is 0.275. The summed E-state index contributed by atoms with van der Waals surface area (Å²) >= 11 is 1.63. The zero-order chi connectivity index (χ0) is 13.0. The molecule has 96 valence electrons. The van der Waals surface area contributed by atoms with E-state index in [0.717, 1.165) is 5.56 Å². The zero-order valence-corrected chi connectivity index (χ0v) is 10.8. The number of hydrogen-bond acceptors (Lipinski definition) is 5. The number of rotatable bonds is 6. The highest BCUT2D eigenvalue weighted by Gasteiger charge is 2.13. The molecule has 18 heavy (non-hydrogen) atoms. The average molecular weight is 266 g/mol. The van der Waals surface area contributed by atoms with Crippen LogP contribution in [-0.4, -0.2) is 21.3 Å². The monoisotopic (exact) mass is 266 g/mol. The van der Waals surface area contributed by atoms with Crippen molar-refractivity contribution < 1.29 is 14.3 Å². The van der Waals surface area contributed by atoms with Gasteiger partial charge in [-0.25, -0.2) is 0 Å². The molecule has 5 nitrogen and oxygen atoms in total. The summed E-state index contributed by atoms with van der Waals surface area (Å²) in [6, 6.07) is 2.02. The predicted octanol–water partition coefficient (Wildman–Crippen LogP) is 2.38. The van der Waals surface area contributed by atoms with Gasteiger partial charge in [-0.2, -0.15) is 11.3 Å². The molecule has 2 heterocycles. The van der Waals surface area contributed by atoms with E-state index in [1.54, 1.807) is 11.3 Å². The molecular weight excluding hydrogens is 252 g/mol. The van der Waals surface area contributed by atoms with Gasteiger partial charge < -0.3 is 9.52 Å². The van der Waals surface area contributed by atoms with Crippen molar-refractivity contribution in [3.8, 4) is 0 Å². The van der Waals surface area contributed by atoms with E-state index in [0.29, 0.717) is 24.6 Å². The smallest absolute Gasteiger partial charge is 0.303 e. The lowest BCUT2D eigenvalue weighted by molar-refractivity contribution is -0.137. The van der Waals surface area contributed by atoms with E-state index >= 15 is 0 Å². The molecule has 1 atom stereocenters. The topological polar surface area (TPSA) is 76.2 Å². The minimum absolute atomic E-state index is 0.00283. The van der Waals surface area contributed by atoms with Crippen LogP contribution in [0.2, 0.25) is 0 Å². The molecule has 0 aliphatic carbocycles. The van der Waals surface area contributed by atoms with E-state index in [1.165, 1.54) is 0 Å². The Morgan fingerprint density at radius 3 is 2.94 bits per heavy atom. The van der Waals surface area contributed by atoms with Crippen LogP contribution in [0.4, 0.5) is 0 Å². The van der Waals surface area contributed by atoms with Crippen molar-refractivity contribution >= 4 is 17.3 Å². The van der Waals surface area contributed by atoms with Gasteiger partial charge in [0, 0.05) is 12.8 Å². The molecule has 0 spiro atoms. The van der Waals surface area contributed by atoms with Crippen molar-refractivity contribution in [2.24, 2.45) is 5.92 Å². The summed E-state index contributed by atoms with van der Waals surface area (Å²) in [4.78, 5) is 10.6. The second-order valence-corrected chi connectivity index (χ2v) is 5.09. The third-order valence-corrected chi connectivity index (χ3v) is 3.22. The Morgan fingerprint density at radius 1 is 1.50 bits per heavy atom. The van der Waals surface area contributed by atoms with Crippen molar-refractivity contribution in [3.63, 3.8) is 0 Å². The molecular formula is C12H14N2O3S. The van der Waals surface area contributed by atoms with Gasteiger partial charge in [-0.15, -0.1) is 10.2 Å². The maximum Gasteiger partial charge on any atom is 0.303 e. The Bertz CT molecular complexity index is 507. The van der Waals surface area contributed by atoms with E-state index in [4.69, 9.17) is 9.52 Å². The Balaban J connectivity index is 1.91. The van der Waals surface area contributed by atoms with Gasteiger partial charge in [0.2, 0.25) is 11.8 Å². The minimum Gasteiger partial charge on any atom is -0.481 e. The number of carboxylic acids is 1. The first-order valence-corrected chi connectivity index (χ1v) is 6.62. The fourth-order valence-electron chi connectivity index (χ4n) is 1.68. The Labute approximate surface area is 108 Å². The van der Waals surface area contributed by atoms with Gasteiger partial charge in [0.25, 0.3) is 0 Å². The Morgan fingerprint density at radius 2 is 2.28 bits per heavy atom. The van der Waals surface area contributed by atoms with Crippen molar-refractivity contribution in [2.75, 3.05) is 0 Å². The molecule has 0 radical (unpaired) electrons. The zero-order valence-electron chi connectivity index (χ0n) is 10.00. The van der Waals surface area contributed by atoms with Crippen LogP contribution in [0.25, 0.3) is 0 Å². The van der Waals surface area contributed by atoms with Crippen molar-refractivity contribution in [2.45, 2.75) is 26.2 Å². The van der Waals surface area contributed by atoms with Crippen LogP contribution < -0.4 is 0 Å². The summed E-state index contributed by atoms with van der Waals surface area (Å²) in [7, 11) is 0. The molecule has 0 saturated heterocycles. The number of nitrogens with zero attached hydrogens (tertiary/aromatic N) is 2. The molecule has 0 aliphatic rings. The number of aromatic nitrogens is 2. The highest BCUT2D eigenvalue weighted by atomic mass is 32.1. The summed E-state index contributed by atoms with van der Waals surface area (Å²) in [6.07, 6.45) is 1.25. The second-order valence-electron chi connectivity index (χ2n) is 4.31. The van der Waals surface area contributed by atoms with Crippen LogP contribution in [0.1, 0.15) is 30.7 Å². The largest absolute Gasteiger partial charge is 0.481 e. The third kappa shape index (κ3) is 3.66. The SMILES string of the molecule is CC(CC(=O)O)Cc1nnc(Cc2ccsc2)o1. The maximum absolute atomic E-state index is 10.6. The van der Waals surface area contributed by atoms with Crippen LogP contribution in [0.3, 0.4) is 0 Å². The van der Waals surface area contributed by atoms with E-state index in [2.05, 4.69) is 10.2 Å². The predicted molar refractivity (Wildman–Crippen MR) is 66.5 cm³/mol. The fraction of sp³-hybridized carbons (Fsp3) is 0.417. The molecule has 0 fully saturated rings. The minimum atomic E-state index is -0.805. The van der Waals surface area contributed by atoms with E-state index in [-0.39, 0.29) is 12.3 Å². The molecule has 0 bridgehead atoms. The van der Waals surface area contributed by atoms with Crippen LogP contribution in [-0.2, 0) is 17.6 Å². The van der Waals surface area contributed by atoms with Gasteiger partial charge >= 0.3 is 5.97 Å². The second kappa shape index (κ2) is 5.77. The van der Waals surface area contributed by atoms with Gasteiger partial charge in [0.15, 0.2) is 0 Å². The first kappa shape index (κ1) is 12.8. The third-order valence-electron chi connectivity index (χ3n) is 2.49. The molecule has 1 N–H and O–H groups in total. The number of carbonyl (C=O) groups is 1. The van der Waals surface area contributed by atoms with Gasteiger partial charge in [-0.3, -0.25) is 4.79 Å². The van der Waals surface area contributed by atoms with Crippen molar-refractivity contribution in [1.29, 1.82) is 0 Å². The first-order chi connectivity index (χ1) is 8.63. The molecule has 1 unspecified atom stereocenters. The average Bonchev–Trinajstić information content (AvgIpc) is 2.89. The van der Waals surface area contributed by atoms with Crippen LogP contribution in [0.15, 0.2) is 21.2 Å². The molecule has 0 aromatic carbocycles. The number of carboxylic acid groups (broad SMARTS) is 1. The molecule has 2 aromatic heterocycles. The Kier molecular flexibility index (Phi) is 4.09. The molecule has 6 heteroatoms. The maximum atomic E-state index is 10.6. The van der Waals surface area contributed by atoms with E-state index in [1.807, 2.05) is 23.8 Å². The Hall–Kier alpha value is -1.69. The summed E-state index contributed by atoms with van der Waals surface area (Å²) in [6.45, 7) is 1.86. The molecule has 0 amide bonds. The standard InChI is InChI=1S/C12H14N2O3S/c1-8(5-12(15)16)4-10-13-14-11(17-10)6-9-2-3-18-7-9/h2-3,7-8H,4-6H2,1H3,(H,15,16). The lowest BCUT2D eigenvalue weighted by atomic mass is 10.0. The highest BCUT2D eigenvalue weighted by molar-refractivity contribution is 7.07. The van der Waals surface area contributed by atoms with E-state index < -0.39 is 5.97 Å². The van der Waals surface area contributed by atoms with Crippen molar-refractivity contribution in [1.82, 2.24) is 10.2 Å². The van der Waals surface area contributed by atoms with Crippen molar-refractivity contribution in [3.05, 3.63) is 34.2 Å². The van der Waals surface area contributed by atoms with Gasteiger partial charge in [-0.05, 0) is 28.3 Å². The van der Waals surface area contributed by atoms with Gasteiger partial charge in [-0.1, -0.05) is 6.92 Å². The first-order valence-electron chi connectivity index (χ1n) is 5.67. The summed E-state index contributed by atoms with van der Waals surface area (Å²) in [5, 5.41) is 20.6. The molecule has 0 saturated carbocycles. The molecule has 2 rings (SSSR count).